The Morgan fingerprint density at radius 1 is 0.844 bits per heavy atom. The molecular weight excluding hydrogens is 420 g/mol. The number of nitrogens with zero attached hydrogens (tertiary/aromatic N) is 2. The van der Waals surface area contributed by atoms with Gasteiger partial charge in [-0.05, 0) is 41.3 Å². The lowest BCUT2D eigenvalue weighted by molar-refractivity contribution is -0.121. The molecule has 0 aliphatic heterocycles. The molecular formula is C26H21ClN4O. The van der Waals surface area contributed by atoms with Gasteiger partial charge < -0.3 is 10.6 Å². The molecule has 0 atom stereocenters. The van der Waals surface area contributed by atoms with Crippen LogP contribution in [-0.2, 0) is 17.9 Å². The number of hydrogen-bond acceptors (Lipinski definition) is 3. The Hall–Kier alpha value is -3.83. The third-order valence-electron chi connectivity index (χ3n) is 5.37. The number of anilines is 2. The SMILES string of the molecule is O=C(Cn1nc2c(ccc3ccccc32)c1Nc1ccc(Cl)cc1)NCc1ccccc1. The van der Waals surface area contributed by atoms with Crippen LogP contribution >= 0.6 is 11.6 Å². The van der Waals surface area contributed by atoms with Gasteiger partial charge in [-0.15, -0.1) is 0 Å². The Morgan fingerprint density at radius 3 is 2.41 bits per heavy atom. The molecule has 0 bridgehead atoms. The maximum Gasteiger partial charge on any atom is 0.242 e. The van der Waals surface area contributed by atoms with E-state index in [1.807, 2.05) is 72.8 Å². The van der Waals surface area contributed by atoms with Crippen LogP contribution in [0.4, 0.5) is 11.5 Å². The molecule has 5 aromatic rings. The van der Waals surface area contributed by atoms with Crippen LogP contribution in [0.25, 0.3) is 21.7 Å². The Morgan fingerprint density at radius 2 is 1.59 bits per heavy atom. The number of fused-ring (bicyclic) bond motifs is 3. The molecule has 1 amide bonds. The molecule has 0 unspecified atom stereocenters. The van der Waals surface area contributed by atoms with Gasteiger partial charge in [0, 0.05) is 28.0 Å². The van der Waals surface area contributed by atoms with Gasteiger partial charge in [0.05, 0.1) is 0 Å². The predicted octanol–water partition coefficient (Wildman–Crippen LogP) is 5.90. The van der Waals surface area contributed by atoms with E-state index in [1.54, 1.807) is 4.68 Å². The second-order valence-electron chi connectivity index (χ2n) is 7.58. The summed E-state index contributed by atoms with van der Waals surface area (Å²) in [6, 6.07) is 29.6. The third-order valence-corrected chi connectivity index (χ3v) is 5.62. The molecule has 32 heavy (non-hydrogen) atoms. The van der Waals surface area contributed by atoms with Crippen LogP contribution in [0.3, 0.4) is 0 Å². The van der Waals surface area contributed by atoms with Crippen LogP contribution in [0, 0.1) is 0 Å². The molecule has 0 saturated heterocycles. The second kappa shape index (κ2) is 8.73. The second-order valence-corrected chi connectivity index (χ2v) is 8.02. The topological polar surface area (TPSA) is 59.0 Å². The molecule has 0 spiro atoms. The average Bonchev–Trinajstić information content (AvgIpc) is 3.17. The number of carbonyl (C=O) groups is 1. The summed E-state index contributed by atoms with van der Waals surface area (Å²) >= 11 is 6.04. The third kappa shape index (κ3) is 4.15. The first-order valence-corrected chi connectivity index (χ1v) is 10.8. The number of halogens is 1. The maximum absolute atomic E-state index is 12.8. The highest BCUT2D eigenvalue weighted by Gasteiger charge is 2.16. The van der Waals surface area contributed by atoms with E-state index in [0.717, 1.165) is 38.7 Å². The Labute approximate surface area is 190 Å². The van der Waals surface area contributed by atoms with Crippen molar-refractivity contribution in [3.05, 3.63) is 102 Å². The number of hydrogen-bond donors (Lipinski definition) is 2. The van der Waals surface area contributed by atoms with E-state index < -0.39 is 0 Å². The van der Waals surface area contributed by atoms with Gasteiger partial charge in [0.1, 0.15) is 17.9 Å². The minimum absolute atomic E-state index is 0.103. The number of carbonyl (C=O) groups excluding carboxylic acids is 1. The van der Waals surface area contributed by atoms with E-state index in [9.17, 15) is 4.79 Å². The smallest absolute Gasteiger partial charge is 0.242 e. The molecule has 0 aliphatic carbocycles. The Kier molecular flexibility index (Phi) is 5.48. The quantitative estimate of drug-likeness (QED) is 0.345. The molecule has 0 saturated carbocycles. The van der Waals surface area contributed by atoms with Crippen molar-refractivity contribution in [3.63, 3.8) is 0 Å². The fraction of sp³-hybridized carbons (Fsp3) is 0.0769. The summed E-state index contributed by atoms with van der Waals surface area (Å²) in [5.74, 6) is 0.660. The van der Waals surface area contributed by atoms with E-state index in [2.05, 4.69) is 28.8 Å². The van der Waals surface area contributed by atoms with Gasteiger partial charge in [-0.1, -0.05) is 72.3 Å². The normalized spacial score (nSPS) is 11.0. The van der Waals surface area contributed by atoms with Crippen molar-refractivity contribution in [2.75, 3.05) is 5.32 Å². The summed E-state index contributed by atoms with van der Waals surface area (Å²) < 4.78 is 1.73. The average molecular weight is 441 g/mol. The van der Waals surface area contributed by atoms with Gasteiger partial charge in [-0.25, -0.2) is 4.68 Å². The summed E-state index contributed by atoms with van der Waals surface area (Å²) in [5.41, 5.74) is 2.78. The molecule has 6 heteroatoms. The van der Waals surface area contributed by atoms with Crippen molar-refractivity contribution < 1.29 is 4.79 Å². The van der Waals surface area contributed by atoms with Crippen molar-refractivity contribution >= 4 is 50.7 Å². The highest BCUT2D eigenvalue weighted by molar-refractivity contribution is 6.30. The highest BCUT2D eigenvalue weighted by Crippen LogP contribution is 2.32. The molecule has 158 valence electrons. The van der Waals surface area contributed by atoms with E-state index in [-0.39, 0.29) is 12.5 Å². The van der Waals surface area contributed by atoms with Crippen molar-refractivity contribution in [2.45, 2.75) is 13.1 Å². The Bertz CT molecular complexity index is 1390. The zero-order valence-corrected chi connectivity index (χ0v) is 18.0. The number of rotatable bonds is 6. The van der Waals surface area contributed by atoms with Crippen molar-refractivity contribution in [2.24, 2.45) is 0 Å². The monoisotopic (exact) mass is 440 g/mol. The van der Waals surface area contributed by atoms with E-state index in [0.29, 0.717) is 11.6 Å². The van der Waals surface area contributed by atoms with Crippen LogP contribution in [0.5, 0.6) is 0 Å². The van der Waals surface area contributed by atoms with Gasteiger partial charge in [0.15, 0.2) is 0 Å². The molecule has 2 N–H and O–H groups in total. The molecule has 4 aromatic carbocycles. The maximum atomic E-state index is 12.8. The van der Waals surface area contributed by atoms with Gasteiger partial charge in [0.2, 0.25) is 5.91 Å². The molecule has 0 radical (unpaired) electrons. The zero-order valence-electron chi connectivity index (χ0n) is 17.3. The van der Waals surface area contributed by atoms with Gasteiger partial charge in [0.25, 0.3) is 0 Å². The Balaban J connectivity index is 1.50. The van der Waals surface area contributed by atoms with Crippen molar-refractivity contribution in [1.29, 1.82) is 0 Å². The molecule has 5 rings (SSSR count). The molecule has 1 heterocycles. The minimum Gasteiger partial charge on any atom is -0.350 e. The zero-order chi connectivity index (χ0) is 21.9. The summed E-state index contributed by atoms with van der Waals surface area (Å²) in [6.45, 7) is 0.578. The van der Waals surface area contributed by atoms with Crippen LogP contribution in [0.1, 0.15) is 5.56 Å². The van der Waals surface area contributed by atoms with Crippen molar-refractivity contribution in [1.82, 2.24) is 15.1 Å². The number of benzene rings is 4. The first-order valence-electron chi connectivity index (χ1n) is 10.4. The van der Waals surface area contributed by atoms with Crippen molar-refractivity contribution in [3.8, 4) is 0 Å². The van der Waals surface area contributed by atoms with E-state index in [4.69, 9.17) is 16.7 Å². The summed E-state index contributed by atoms with van der Waals surface area (Å²) in [5, 5.41) is 15.0. The number of aromatic nitrogens is 2. The predicted molar refractivity (Wildman–Crippen MR) is 130 cm³/mol. The lowest BCUT2D eigenvalue weighted by Gasteiger charge is -2.11. The molecule has 0 aliphatic rings. The first kappa shape index (κ1) is 20.1. The van der Waals surface area contributed by atoms with Crippen LogP contribution in [-0.4, -0.2) is 15.7 Å². The fourth-order valence-electron chi connectivity index (χ4n) is 3.77. The lowest BCUT2D eigenvalue weighted by atomic mass is 10.1. The summed E-state index contributed by atoms with van der Waals surface area (Å²) in [7, 11) is 0. The van der Waals surface area contributed by atoms with E-state index in [1.165, 1.54) is 0 Å². The summed E-state index contributed by atoms with van der Waals surface area (Å²) in [6.07, 6.45) is 0. The summed E-state index contributed by atoms with van der Waals surface area (Å²) in [4.78, 5) is 12.8. The van der Waals surface area contributed by atoms with Crippen LogP contribution in [0.2, 0.25) is 5.02 Å². The molecule has 0 fully saturated rings. The number of amides is 1. The van der Waals surface area contributed by atoms with Crippen LogP contribution < -0.4 is 10.6 Å². The molecule has 1 aromatic heterocycles. The number of nitrogens with one attached hydrogen (secondary N) is 2. The minimum atomic E-state index is -0.106. The van der Waals surface area contributed by atoms with Gasteiger partial charge in [-0.3, -0.25) is 4.79 Å². The highest BCUT2D eigenvalue weighted by atomic mass is 35.5. The van der Waals surface area contributed by atoms with E-state index >= 15 is 0 Å². The largest absolute Gasteiger partial charge is 0.350 e. The first-order chi connectivity index (χ1) is 15.7. The fourth-order valence-corrected chi connectivity index (χ4v) is 3.89. The van der Waals surface area contributed by atoms with Gasteiger partial charge >= 0.3 is 0 Å². The van der Waals surface area contributed by atoms with Gasteiger partial charge in [-0.2, -0.15) is 5.10 Å². The van der Waals surface area contributed by atoms with Crippen LogP contribution in [0.15, 0.2) is 91.0 Å². The standard InChI is InChI=1S/C26H21ClN4O/c27-20-11-13-21(14-12-20)29-26-23-15-10-19-8-4-5-9-22(19)25(23)30-31(26)17-24(32)28-16-18-6-2-1-3-7-18/h1-15,29H,16-17H2,(H,28,32). The molecule has 5 nitrogen and oxygen atoms in total. The lowest BCUT2D eigenvalue weighted by Crippen LogP contribution is -2.27.